The fraction of sp³-hybridized carbons (Fsp3) is 0.462. The van der Waals surface area contributed by atoms with Crippen LogP contribution in [0.4, 0.5) is 13.2 Å². The second-order valence-corrected chi connectivity index (χ2v) is 4.33. The lowest BCUT2D eigenvalue weighted by Crippen LogP contribution is -2.30. The van der Waals surface area contributed by atoms with Crippen LogP contribution in [0.2, 0.25) is 0 Å². The largest absolute Gasteiger partial charge is 0.416 e. The Morgan fingerprint density at radius 2 is 2.00 bits per heavy atom. The van der Waals surface area contributed by atoms with Gasteiger partial charge in [-0.2, -0.15) is 13.2 Å². The number of nitrogens with one attached hydrogen (secondary N) is 1. The number of nitrogens with two attached hydrogens (primary N) is 1. The van der Waals surface area contributed by atoms with Gasteiger partial charge in [-0.1, -0.05) is 25.1 Å². The van der Waals surface area contributed by atoms with Crippen LogP contribution < -0.4 is 11.1 Å². The van der Waals surface area contributed by atoms with Crippen molar-refractivity contribution in [1.29, 1.82) is 0 Å². The third kappa shape index (κ3) is 4.55. The minimum absolute atomic E-state index is 0.00704. The molecule has 106 valence electrons. The van der Waals surface area contributed by atoms with Crippen LogP contribution in [0.5, 0.6) is 0 Å². The molecule has 19 heavy (non-hydrogen) atoms. The summed E-state index contributed by atoms with van der Waals surface area (Å²) in [6.07, 6.45) is -4.40. The van der Waals surface area contributed by atoms with E-state index in [0.717, 1.165) is 6.07 Å². The fourth-order valence-corrected chi connectivity index (χ4v) is 1.86. The van der Waals surface area contributed by atoms with Crippen molar-refractivity contribution in [3.05, 3.63) is 35.4 Å². The Balaban J connectivity index is 2.82. The standard InChI is InChI=1S/C13H17F3N2O/c1-9(8-12(19)18-7-6-17)10-4-2-3-5-11(10)13(14,15)16/h2-5,9H,6-8,17H2,1H3,(H,18,19). The highest BCUT2D eigenvalue weighted by atomic mass is 19.4. The molecule has 1 amide bonds. The number of halogens is 3. The van der Waals surface area contributed by atoms with Crippen molar-refractivity contribution in [2.75, 3.05) is 13.1 Å². The molecular weight excluding hydrogens is 257 g/mol. The number of alkyl halides is 3. The zero-order valence-corrected chi connectivity index (χ0v) is 10.6. The highest BCUT2D eigenvalue weighted by Gasteiger charge is 2.34. The van der Waals surface area contributed by atoms with Gasteiger partial charge < -0.3 is 11.1 Å². The van der Waals surface area contributed by atoms with E-state index in [2.05, 4.69) is 5.32 Å². The Morgan fingerprint density at radius 1 is 1.37 bits per heavy atom. The number of benzene rings is 1. The van der Waals surface area contributed by atoms with E-state index in [1.165, 1.54) is 12.1 Å². The van der Waals surface area contributed by atoms with Crippen LogP contribution in [-0.4, -0.2) is 19.0 Å². The van der Waals surface area contributed by atoms with Gasteiger partial charge >= 0.3 is 6.18 Å². The van der Waals surface area contributed by atoms with Gasteiger partial charge in [-0.05, 0) is 17.5 Å². The number of rotatable bonds is 5. The zero-order chi connectivity index (χ0) is 14.5. The van der Waals surface area contributed by atoms with E-state index in [1.807, 2.05) is 0 Å². The molecule has 1 atom stereocenters. The van der Waals surface area contributed by atoms with E-state index in [-0.39, 0.29) is 17.9 Å². The smallest absolute Gasteiger partial charge is 0.355 e. The molecule has 0 aliphatic rings. The molecule has 1 unspecified atom stereocenters. The number of carbonyl (C=O) groups is 1. The van der Waals surface area contributed by atoms with Crippen LogP contribution in [0, 0.1) is 0 Å². The second kappa shape index (κ2) is 6.56. The molecule has 0 saturated heterocycles. The van der Waals surface area contributed by atoms with Gasteiger partial charge in [0.05, 0.1) is 5.56 Å². The molecule has 1 rings (SSSR count). The summed E-state index contributed by atoms with van der Waals surface area (Å²) in [5, 5.41) is 2.55. The van der Waals surface area contributed by atoms with Crippen LogP contribution in [0.25, 0.3) is 0 Å². The highest BCUT2D eigenvalue weighted by Crippen LogP contribution is 2.35. The van der Waals surface area contributed by atoms with Gasteiger partial charge in [-0.15, -0.1) is 0 Å². The first kappa shape index (κ1) is 15.5. The summed E-state index contributed by atoms with van der Waals surface area (Å²) in [6, 6.07) is 5.32. The molecule has 0 aromatic heterocycles. The molecule has 0 aliphatic heterocycles. The van der Waals surface area contributed by atoms with E-state index in [0.29, 0.717) is 13.1 Å². The monoisotopic (exact) mass is 274 g/mol. The summed E-state index contributed by atoms with van der Waals surface area (Å²) in [5.74, 6) is -0.800. The molecule has 6 heteroatoms. The second-order valence-electron chi connectivity index (χ2n) is 4.33. The van der Waals surface area contributed by atoms with Crippen LogP contribution >= 0.6 is 0 Å². The Kier molecular flexibility index (Phi) is 5.35. The topological polar surface area (TPSA) is 55.1 Å². The van der Waals surface area contributed by atoms with Crippen molar-refractivity contribution in [3.8, 4) is 0 Å². The minimum atomic E-state index is -4.40. The molecule has 3 N–H and O–H groups in total. The predicted molar refractivity (Wildman–Crippen MR) is 66.5 cm³/mol. The molecule has 0 bridgehead atoms. The lowest BCUT2D eigenvalue weighted by Gasteiger charge is -2.18. The Hall–Kier alpha value is -1.56. The van der Waals surface area contributed by atoms with Gasteiger partial charge in [0, 0.05) is 19.5 Å². The van der Waals surface area contributed by atoms with Crippen LogP contribution in [0.15, 0.2) is 24.3 Å². The maximum absolute atomic E-state index is 12.8. The third-order valence-corrected chi connectivity index (χ3v) is 2.76. The number of carbonyl (C=O) groups excluding carboxylic acids is 1. The van der Waals surface area contributed by atoms with Crippen molar-refractivity contribution in [2.45, 2.75) is 25.4 Å². The zero-order valence-electron chi connectivity index (χ0n) is 10.6. The van der Waals surface area contributed by atoms with Crippen LogP contribution in [-0.2, 0) is 11.0 Å². The maximum atomic E-state index is 12.8. The van der Waals surface area contributed by atoms with Gasteiger partial charge in [0.25, 0.3) is 0 Å². The summed E-state index contributed by atoms with van der Waals surface area (Å²) in [7, 11) is 0. The number of hydrogen-bond donors (Lipinski definition) is 2. The first-order chi connectivity index (χ1) is 8.86. The normalized spacial score (nSPS) is 13.1. The molecule has 1 aromatic carbocycles. The van der Waals surface area contributed by atoms with Gasteiger partial charge in [0.15, 0.2) is 0 Å². The average molecular weight is 274 g/mol. The predicted octanol–water partition coefficient (Wildman–Crippen LogP) is 2.27. The Labute approximate surface area is 110 Å². The van der Waals surface area contributed by atoms with Crippen molar-refractivity contribution in [1.82, 2.24) is 5.32 Å². The molecular formula is C13H17F3N2O. The molecule has 0 fully saturated rings. The van der Waals surface area contributed by atoms with E-state index in [4.69, 9.17) is 5.73 Å². The quantitative estimate of drug-likeness (QED) is 0.865. The maximum Gasteiger partial charge on any atom is 0.416 e. The SMILES string of the molecule is CC(CC(=O)NCCN)c1ccccc1C(F)(F)F. The summed E-state index contributed by atoms with van der Waals surface area (Å²) in [4.78, 5) is 11.5. The Morgan fingerprint density at radius 3 is 2.58 bits per heavy atom. The molecule has 0 spiro atoms. The van der Waals surface area contributed by atoms with Gasteiger partial charge in [0.2, 0.25) is 5.91 Å². The molecule has 0 aliphatic carbocycles. The highest BCUT2D eigenvalue weighted by molar-refractivity contribution is 5.76. The van der Waals surface area contributed by atoms with Crippen molar-refractivity contribution in [3.63, 3.8) is 0 Å². The van der Waals surface area contributed by atoms with Gasteiger partial charge in [-0.25, -0.2) is 0 Å². The van der Waals surface area contributed by atoms with Crippen molar-refractivity contribution >= 4 is 5.91 Å². The van der Waals surface area contributed by atoms with Crippen molar-refractivity contribution in [2.24, 2.45) is 5.73 Å². The summed E-state index contributed by atoms with van der Waals surface area (Å²) >= 11 is 0. The molecule has 0 saturated carbocycles. The number of amides is 1. The van der Waals surface area contributed by atoms with Gasteiger partial charge in [0.1, 0.15) is 0 Å². The molecule has 1 aromatic rings. The lowest BCUT2D eigenvalue weighted by molar-refractivity contribution is -0.138. The molecule has 0 radical (unpaired) electrons. The number of hydrogen-bond acceptors (Lipinski definition) is 2. The van der Waals surface area contributed by atoms with Crippen molar-refractivity contribution < 1.29 is 18.0 Å². The first-order valence-electron chi connectivity index (χ1n) is 5.99. The first-order valence-corrected chi connectivity index (χ1v) is 5.99. The summed E-state index contributed by atoms with van der Waals surface area (Å²) in [6.45, 7) is 2.23. The van der Waals surface area contributed by atoms with Crippen LogP contribution in [0.1, 0.15) is 30.4 Å². The minimum Gasteiger partial charge on any atom is -0.355 e. The summed E-state index contributed by atoms with van der Waals surface area (Å²) < 4.78 is 38.5. The van der Waals surface area contributed by atoms with E-state index < -0.39 is 17.7 Å². The van der Waals surface area contributed by atoms with E-state index >= 15 is 0 Å². The fourth-order valence-electron chi connectivity index (χ4n) is 1.86. The summed E-state index contributed by atoms with van der Waals surface area (Å²) in [5.41, 5.74) is 4.69. The van der Waals surface area contributed by atoms with E-state index in [1.54, 1.807) is 13.0 Å². The Bertz CT molecular complexity index is 432. The van der Waals surface area contributed by atoms with Crippen LogP contribution in [0.3, 0.4) is 0 Å². The van der Waals surface area contributed by atoms with E-state index in [9.17, 15) is 18.0 Å². The third-order valence-electron chi connectivity index (χ3n) is 2.76. The van der Waals surface area contributed by atoms with Gasteiger partial charge in [-0.3, -0.25) is 4.79 Å². The average Bonchev–Trinajstić information content (AvgIpc) is 2.35. The molecule has 3 nitrogen and oxygen atoms in total. The molecule has 0 heterocycles. The lowest BCUT2D eigenvalue weighted by atomic mass is 9.92.